The van der Waals surface area contributed by atoms with Crippen molar-refractivity contribution in [2.45, 2.75) is 38.9 Å². The average Bonchev–Trinajstić information content (AvgIpc) is 2.48. The number of nitrogens with zero attached hydrogens (tertiary/aromatic N) is 3. The molecule has 23 heavy (non-hydrogen) atoms. The summed E-state index contributed by atoms with van der Waals surface area (Å²) in [5, 5.41) is 0.398. The Morgan fingerprint density at radius 1 is 1.26 bits per heavy atom. The molecule has 0 bridgehead atoms. The summed E-state index contributed by atoms with van der Waals surface area (Å²) in [7, 11) is -3.43. The Labute approximate surface area is 142 Å². The van der Waals surface area contributed by atoms with Crippen molar-refractivity contribution >= 4 is 21.6 Å². The van der Waals surface area contributed by atoms with E-state index in [1.807, 2.05) is 0 Å². The molecule has 128 valence electrons. The summed E-state index contributed by atoms with van der Waals surface area (Å²) in [5.74, 6) is 0.0867. The Bertz CT molecular complexity index is 700. The first-order chi connectivity index (χ1) is 10.8. The summed E-state index contributed by atoms with van der Waals surface area (Å²) in [6.07, 6.45) is 2.66. The van der Waals surface area contributed by atoms with Gasteiger partial charge in [-0.25, -0.2) is 18.4 Å². The SMILES string of the molecule is CC1(C)CCc2nc(CS(=O)(=O)N3CCOCC3)nc(Cl)c2C1. The lowest BCUT2D eigenvalue weighted by Gasteiger charge is -2.31. The van der Waals surface area contributed by atoms with Crippen molar-refractivity contribution in [1.82, 2.24) is 14.3 Å². The predicted octanol–water partition coefficient (Wildman–Crippen LogP) is 1.81. The molecule has 1 aliphatic heterocycles. The molecule has 0 N–H and O–H groups in total. The standard InChI is InChI=1S/C15H22ClN3O3S/c1-15(2)4-3-12-11(9-15)14(16)18-13(17-12)10-23(20,21)19-5-7-22-8-6-19/h3-10H2,1-2H3. The third-order valence-corrected chi connectivity index (χ3v) is 6.55. The van der Waals surface area contributed by atoms with Crippen LogP contribution in [0.1, 0.15) is 37.4 Å². The Balaban J connectivity index is 1.83. The van der Waals surface area contributed by atoms with Crippen LogP contribution < -0.4 is 0 Å². The lowest BCUT2D eigenvalue weighted by Crippen LogP contribution is -2.41. The van der Waals surface area contributed by atoms with Crippen molar-refractivity contribution in [3.8, 4) is 0 Å². The van der Waals surface area contributed by atoms with Crippen molar-refractivity contribution in [3.05, 3.63) is 22.2 Å². The number of fused-ring (bicyclic) bond motifs is 1. The van der Waals surface area contributed by atoms with Gasteiger partial charge in [0.15, 0.2) is 0 Å². The summed E-state index contributed by atoms with van der Waals surface area (Å²) in [6.45, 7) is 6.02. The number of aromatic nitrogens is 2. The molecular formula is C15H22ClN3O3S. The fourth-order valence-electron chi connectivity index (χ4n) is 3.10. The first-order valence-electron chi connectivity index (χ1n) is 7.87. The zero-order chi connectivity index (χ0) is 16.7. The van der Waals surface area contributed by atoms with Crippen molar-refractivity contribution in [1.29, 1.82) is 0 Å². The van der Waals surface area contributed by atoms with Crippen molar-refractivity contribution < 1.29 is 13.2 Å². The fraction of sp³-hybridized carbons (Fsp3) is 0.733. The number of morpholine rings is 1. The quantitative estimate of drug-likeness (QED) is 0.769. The van der Waals surface area contributed by atoms with Crippen LogP contribution in [0.4, 0.5) is 0 Å². The first-order valence-corrected chi connectivity index (χ1v) is 9.85. The molecule has 0 saturated carbocycles. The van der Waals surface area contributed by atoms with Crippen LogP contribution in [0, 0.1) is 5.41 Å². The van der Waals surface area contributed by atoms with Gasteiger partial charge in [-0.1, -0.05) is 25.4 Å². The van der Waals surface area contributed by atoms with Crippen molar-refractivity contribution in [2.24, 2.45) is 5.41 Å². The Morgan fingerprint density at radius 2 is 1.96 bits per heavy atom. The highest BCUT2D eigenvalue weighted by Crippen LogP contribution is 2.36. The molecule has 1 aromatic heterocycles. The van der Waals surface area contributed by atoms with Gasteiger partial charge in [-0.3, -0.25) is 0 Å². The third kappa shape index (κ3) is 3.84. The summed E-state index contributed by atoms with van der Waals surface area (Å²) in [4.78, 5) is 8.74. The minimum Gasteiger partial charge on any atom is -0.379 e. The van der Waals surface area contributed by atoms with Gasteiger partial charge in [0.05, 0.1) is 13.2 Å². The number of halogens is 1. The molecule has 1 saturated heterocycles. The highest BCUT2D eigenvalue weighted by Gasteiger charge is 2.30. The molecule has 0 radical (unpaired) electrons. The minimum atomic E-state index is -3.43. The molecule has 6 nitrogen and oxygen atoms in total. The van der Waals surface area contributed by atoms with E-state index in [-0.39, 0.29) is 11.2 Å². The van der Waals surface area contributed by atoms with Gasteiger partial charge in [0.25, 0.3) is 0 Å². The summed E-state index contributed by atoms with van der Waals surface area (Å²) < 4.78 is 31.6. The van der Waals surface area contributed by atoms with E-state index in [1.54, 1.807) is 0 Å². The average molecular weight is 360 g/mol. The normalized spacial score (nSPS) is 21.9. The highest BCUT2D eigenvalue weighted by atomic mass is 35.5. The van der Waals surface area contributed by atoms with Crippen LogP contribution in [0.15, 0.2) is 0 Å². The Kier molecular flexibility index (Phi) is 4.66. The maximum absolute atomic E-state index is 12.5. The van der Waals surface area contributed by atoms with Crippen LogP contribution in [-0.2, 0) is 33.4 Å². The number of ether oxygens (including phenoxy) is 1. The second-order valence-corrected chi connectivity index (χ2v) is 9.29. The summed E-state index contributed by atoms with van der Waals surface area (Å²) >= 11 is 6.31. The highest BCUT2D eigenvalue weighted by molar-refractivity contribution is 7.88. The molecule has 0 spiro atoms. The van der Waals surface area contributed by atoms with E-state index in [0.717, 1.165) is 30.5 Å². The maximum Gasteiger partial charge on any atom is 0.221 e. The second-order valence-electron chi connectivity index (χ2n) is 6.96. The molecule has 1 aromatic rings. The van der Waals surface area contributed by atoms with Crippen LogP contribution in [0.25, 0.3) is 0 Å². The predicted molar refractivity (Wildman–Crippen MR) is 87.9 cm³/mol. The van der Waals surface area contributed by atoms with Crippen molar-refractivity contribution in [2.75, 3.05) is 26.3 Å². The van der Waals surface area contributed by atoms with Gasteiger partial charge >= 0.3 is 0 Å². The van der Waals surface area contributed by atoms with Gasteiger partial charge in [-0.2, -0.15) is 4.31 Å². The number of rotatable bonds is 3. The number of sulfonamides is 1. The summed E-state index contributed by atoms with van der Waals surface area (Å²) in [5.41, 5.74) is 2.05. The van der Waals surface area contributed by atoms with Gasteiger partial charge in [-0.05, 0) is 24.7 Å². The lowest BCUT2D eigenvalue weighted by atomic mass is 9.76. The number of aryl methyl sites for hydroxylation is 1. The molecule has 8 heteroatoms. The van der Waals surface area contributed by atoms with E-state index >= 15 is 0 Å². The van der Waals surface area contributed by atoms with E-state index in [9.17, 15) is 8.42 Å². The first kappa shape index (κ1) is 17.1. The molecule has 1 fully saturated rings. The lowest BCUT2D eigenvalue weighted by molar-refractivity contribution is 0.0729. The van der Waals surface area contributed by atoms with Gasteiger partial charge in [0.2, 0.25) is 10.0 Å². The van der Waals surface area contributed by atoms with Gasteiger partial charge in [0, 0.05) is 24.3 Å². The van der Waals surface area contributed by atoms with Crippen LogP contribution in [0.5, 0.6) is 0 Å². The molecule has 0 unspecified atom stereocenters. The molecule has 0 atom stereocenters. The zero-order valence-electron chi connectivity index (χ0n) is 13.5. The number of hydrogen-bond donors (Lipinski definition) is 0. The number of hydrogen-bond acceptors (Lipinski definition) is 5. The molecule has 0 amide bonds. The molecule has 0 aromatic carbocycles. The largest absolute Gasteiger partial charge is 0.379 e. The molecule has 2 aliphatic rings. The molecular weight excluding hydrogens is 338 g/mol. The monoisotopic (exact) mass is 359 g/mol. The smallest absolute Gasteiger partial charge is 0.221 e. The van der Waals surface area contributed by atoms with Gasteiger partial charge < -0.3 is 4.74 Å². The van der Waals surface area contributed by atoms with E-state index in [2.05, 4.69) is 23.8 Å². The molecule has 1 aliphatic carbocycles. The fourth-order valence-corrected chi connectivity index (χ4v) is 4.71. The second kappa shape index (κ2) is 6.27. The van der Waals surface area contributed by atoms with Gasteiger partial charge in [0.1, 0.15) is 16.7 Å². The Morgan fingerprint density at radius 3 is 2.65 bits per heavy atom. The zero-order valence-corrected chi connectivity index (χ0v) is 15.1. The van der Waals surface area contributed by atoms with Crippen LogP contribution >= 0.6 is 11.6 Å². The molecule has 2 heterocycles. The van der Waals surface area contributed by atoms with Crippen LogP contribution in [0.2, 0.25) is 5.15 Å². The van der Waals surface area contributed by atoms with E-state index in [1.165, 1.54) is 4.31 Å². The van der Waals surface area contributed by atoms with Crippen molar-refractivity contribution in [3.63, 3.8) is 0 Å². The minimum absolute atomic E-state index is 0.182. The van der Waals surface area contributed by atoms with E-state index < -0.39 is 10.0 Å². The third-order valence-electron chi connectivity index (χ3n) is 4.46. The van der Waals surface area contributed by atoms with Crippen LogP contribution in [-0.4, -0.2) is 49.0 Å². The van der Waals surface area contributed by atoms with Crippen LogP contribution in [0.3, 0.4) is 0 Å². The van der Waals surface area contributed by atoms with E-state index in [4.69, 9.17) is 16.3 Å². The maximum atomic E-state index is 12.5. The van der Waals surface area contributed by atoms with E-state index in [0.29, 0.717) is 37.3 Å². The Hall–Kier alpha value is -0.760. The van der Waals surface area contributed by atoms with Gasteiger partial charge in [-0.15, -0.1) is 0 Å². The molecule has 3 rings (SSSR count). The topological polar surface area (TPSA) is 72.4 Å². The summed E-state index contributed by atoms with van der Waals surface area (Å²) in [6, 6.07) is 0.